The van der Waals surface area contributed by atoms with Crippen LogP contribution < -0.4 is 5.32 Å². The van der Waals surface area contributed by atoms with Crippen LogP contribution in [-0.2, 0) is 4.74 Å². The van der Waals surface area contributed by atoms with Crippen LogP contribution >= 0.6 is 15.9 Å². The summed E-state index contributed by atoms with van der Waals surface area (Å²) in [5, 5.41) is 6.78. The molecule has 0 saturated heterocycles. The summed E-state index contributed by atoms with van der Waals surface area (Å²) in [6.45, 7) is 5.27. The van der Waals surface area contributed by atoms with Crippen molar-refractivity contribution in [2.45, 2.75) is 26.4 Å². The summed E-state index contributed by atoms with van der Waals surface area (Å²) in [6.07, 6.45) is 2.61. The summed E-state index contributed by atoms with van der Waals surface area (Å²) in [6, 6.07) is 4.12. The molecule has 2 heterocycles. The number of carbonyl (C=O) groups is 1. The van der Waals surface area contributed by atoms with Gasteiger partial charge in [-0.2, -0.15) is 4.98 Å². The molecule has 9 heteroatoms. The van der Waals surface area contributed by atoms with E-state index in [9.17, 15) is 9.18 Å². The van der Waals surface area contributed by atoms with Gasteiger partial charge in [-0.25, -0.2) is 18.7 Å². The Balaban J connectivity index is 1.92. The lowest BCUT2D eigenvalue weighted by molar-refractivity contribution is 0.0636. The van der Waals surface area contributed by atoms with E-state index in [2.05, 4.69) is 36.3 Å². The molecule has 0 fully saturated rings. The molecular formula is C16H15BrFN5O2. The van der Waals surface area contributed by atoms with E-state index in [-0.39, 0.29) is 11.4 Å². The van der Waals surface area contributed by atoms with Crippen LogP contribution in [0.4, 0.5) is 14.9 Å². The van der Waals surface area contributed by atoms with E-state index in [0.717, 1.165) is 4.47 Å². The second-order valence-electron chi connectivity index (χ2n) is 6.27. The highest BCUT2D eigenvalue weighted by Gasteiger charge is 2.18. The second-order valence-corrected chi connectivity index (χ2v) is 7.19. The van der Waals surface area contributed by atoms with Crippen molar-refractivity contribution in [3.63, 3.8) is 0 Å². The van der Waals surface area contributed by atoms with Crippen LogP contribution in [0.5, 0.6) is 0 Å². The molecule has 7 nitrogen and oxygen atoms in total. The molecule has 3 aromatic rings. The van der Waals surface area contributed by atoms with Gasteiger partial charge in [-0.1, -0.05) is 0 Å². The summed E-state index contributed by atoms with van der Waals surface area (Å²) < 4.78 is 21.6. The quantitative estimate of drug-likeness (QED) is 0.692. The van der Waals surface area contributed by atoms with Crippen LogP contribution in [0.15, 0.2) is 35.1 Å². The molecule has 0 unspecified atom stereocenters. The minimum Gasteiger partial charge on any atom is -0.444 e. The van der Waals surface area contributed by atoms with Gasteiger partial charge in [0.2, 0.25) is 0 Å². The van der Waals surface area contributed by atoms with Crippen LogP contribution in [-0.4, -0.2) is 31.3 Å². The zero-order valence-electron chi connectivity index (χ0n) is 13.7. The van der Waals surface area contributed by atoms with Crippen molar-refractivity contribution >= 4 is 33.5 Å². The van der Waals surface area contributed by atoms with E-state index in [1.807, 2.05) is 0 Å². The number of nitrogens with zero attached hydrogens (tertiary/aromatic N) is 4. The Bertz CT molecular complexity index is 951. The molecule has 3 rings (SSSR count). The number of halogens is 2. The minimum atomic E-state index is -0.630. The van der Waals surface area contributed by atoms with Crippen molar-refractivity contribution in [1.29, 1.82) is 0 Å². The normalized spacial score (nSPS) is 11.6. The highest BCUT2D eigenvalue weighted by molar-refractivity contribution is 9.10. The summed E-state index contributed by atoms with van der Waals surface area (Å²) in [5.74, 6) is -0.0104. The first kappa shape index (κ1) is 17.3. The number of ether oxygens (including phenoxy) is 1. The highest BCUT2D eigenvalue weighted by Crippen LogP contribution is 2.24. The highest BCUT2D eigenvalue weighted by atomic mass is 79.9. The van der Waals surface area contributed by atoms with Gasteiger partial charge >= 0.3 is 6.09 Å². The SMILES string of the molecule is CC(C)(C)OC(=O)Nc1ccc(F)c(-c2nc3ncc(Br)cn3n2)c1. The Morgan fingerprint density at radius 1 is 1.36 bits per heavy atom. The van der Waals surface area contributed by atoms with Crippen LogP contribution in [0.3, 0.4) is 0 Å². The summed E-state index contributed by atoms with van der Waals surface area (Å²) in [7, 11) is 0. The second kappa shape index (κ2) is 6.40. The Kier molecular flexibility index (Phi) is 4.42. The smallest absolute Gasteiger partial charge is 0.412 e. The molecule has 1 aromatic carbocycles. The Hall–Kier alpha value is -2.55. The van der Waals surface area contributed by atoms with Gasteiger partial charge in [-0.05, 0) is 54.9 Å². The lowest BCUT2D eigenvalue weighted by Crippen LogP contribution is -2.27. The molecule has 0 bridgehead atoms. The van der Waals surface area contributed by atoms with Crippen molar-refractivity contribution in [3.8, 4) is 11.4 Å². The minimum absolute atomic E-state index is 0.148. The van der Waals surface area contributed by atoms with Gasteiger partial charge in [0, 0.05) is 18.1 Å². The molecule has 0 saturated carbocycles. The molecule has 130 valence electrons. The molecule has 0 radical (unpaired) electrons. The van der Waals surface area contributed by atoms with Gasteiger partial charge < -0.3 is 4.74 Å². The number of nitrogens with one attached hydrogen (secondary N) is 1. The number of fused-ring (bicyclic) bond motifs is 1. The number of rotatable bonds is 2. The van der Waals surface area contributed by atoms with Crippen LogP contribution in [0.2, 0.25) is 0 Å². The number of anilines is 1. The van der Waals surface area contributed by atoms with Gasteiger partial charge in [0.15, 0.2) is 5.82 Å². The first-order chi connectivity index (χ1) is 11.7. The van der Waals surface area contributed by atoms with Crippen molar-refractivity contribution in [3.05, 3.63) is 40.9 Å². The third-order valence-electron chi connectivity index (χ3n) is 3.01. The first-order valence-electron chi connectivity index (χ1n) is 7.39. The summed E-state index contributed by atoms with van der Waals surface area (Å²) in [4.78, 5) is 20.2. The molecule has 25 heavy (non-hydrogen) atoms. The Morgan fingerprint density at radius 2 is 2.12 bits per heavy atom. The standard InChI is InChI=1S/C16H15BrFN5O2/c1-16(2,3)25-15(24)20-10-4-5-12(18)11(6-10)13-21-14-19-7-9(17)8-23(14)22-13/h4-8H,1-3H3,(H,20,24). The van der Waals surface area contributed by atoms with Crippen LogP contribution in [0.1, 0.15) is 20.8 Å². The number of hydrogen-bond donors (Lipinski definition) is 1. The maximum absolute atomic E-state index is 14.2. The lowest BCUT2D eigenvalue weighted by atomic mass is 10.1. The molecule has 0 aliphatic heterocycles. The number of carbonyl (C=O) groups excluding carboxylic acids is 1. The van der Waals surface area contributed by atoms with Gasteiger partial charge in [-0.3, -0.25) is 5.32 Å². The van der Waals surface area contributed by atoms with Crippen molar-refractivity contribution in [2.24, 2.45) is 0 Å². The maximum atomic E-state index is 14.2. The molecule has 0 aliphatic carbocycles. The zero-order valence-corrected chi connectivity index (χ0v) is 15.3. The van der Waals surface area contributed by atoms with Crippen molar-refractivity contribution < 1.29 is 13.9 Å². The fourth-order valence-electron chi connectivity index (χ4n) is 2.07. The Labute approximate surface area is 151 Å². The molecular weight excluding hydrogens is 393 g/mol. The molecule has 2 aromatic heterocycles. The molecule has 1 amide bonds. The predicted molar refractivity (Wildman–Crippen MR) is 93.7 cm³/mol. The third kappa shape index (κ3) is 4.11. The fourth-order valence-corrected chi connectivity index (χ4v) is 2.37. The van der Waals surface area contributed by atoms with Gasteiger partial charge in [0.25, 0.3) is 5.78 Å². The average molecular weight is 408 g/mol. The Morgan fingerprint density at radius 3 is 2.84 bits per heavy atom. The molecule has 0 aliphatic rings. The largest absolute Gasteiger partial charge is 0.444 e. The molecule has 1 N–H and O–H groups in total. The van der Waals surface area contributed by atoms with E-state index >= 15 is 0 Å². The van der Waals surface area contributed by atoms with E-state index in [0.29, 0.717) is 11.5 Å². The van der Waals surface area contributed by atoms with Crippen molar-refractivity contribution in [1.82, 2.24) is 19.6 Å². The van der Waals surface area contributed by atoms with Crippen molar-refractivity contribution in [2.75, 3.05) is 5.32 Å². The third-order valence-corrected chi connectivity index (χ3v) is 3.42. The zero-order chi connectivity index (χ0) is 18.2. The predicted octanol–water partition coefficient (Wildman–Crippen LogP) is 4.04. The number of amides is 1. The number of benzene rings is 1. The van der Waals surface area contributed by atoms with Gasteiger partial charge in [-0.15, -0.1) is 5.10 Å². The molecule has 0 atom stereocenters. The fraction of sp³-hybridized carbons (Fsp3) is 0.250. The van der Waals surface area contributed by atoms with Gasteiger partial charge in [0.1, 0.15) is 11.4 Å². The summed E-state index contributed by atoms with van der Waals surface area (Å²) >= 11 is 3.29. The summed E-state index contributed by atoms with van der Waals surface area (Å²) in [5.41, 5.74) is -0.108. The van der Waals surface area contributed by atoms with E-state index in [4.69, 9.17) is 4.74 Å². The van der Waals surface area contributed by atoms with E-state index in [1.54, 1.807) is 33.2 Å². The van der Waals surface area contributed by atoms with E-state index in [1.165, 1.54) is 22.7 Å². The maximum Gasteiger partial charge on any atom is 0.412 e. The number of aromatic nitrogens is 4. The molecule has 0 spiro atoms. The van der Waals surface area contributed by atoms with E-state index < -0.39 is 17.5 Å². The van der Waals surface area contributed by atoms with Gasteiger partial charge in [0.05, 0.1) is 10.0 Å². The topological polar surface area (TPSA) is 81.4 Å². The average Bonchev–Trinajstić information content (AvgIpc) is 2.90. The number of hydrogen-bond acceptors (Lipinski definition) is 5. The van der Waals surface area contributed by atoms with Crippen LogP contribution in [0, 0.1) is 5.82 Å². The van der Waals surface area contributed by atoms with Crippen LogP contribution in [0.25, 0.3) is 17.2 Å². The monoisotopic (exact) mass is 407 g/mol. The lowest BCUT2D eigenvalue weighted by Gasteiger charge is -2.19. The first-order valence-corrected chi connectivity index (χ1v) is 8.18.